The number of ether oxygens (including phenoxy) is 1. The Labute approximate surface area is 204 Å². The van der Waals surface area contributed by atoms with Gasteiger partial charge in [0.1, 0.15) is 11.5 Å². The van der Waals surface area contributed by atoms with Crippen LogP contribution in [0.4, 0.5) is 0 Å². The molecule has 0 radical (unpaired) electrons. The molecule has 156 valence electrons. The molecule has 0 heterocycles. The average Bonchev–Trinajstić information content (AvgIpc) is 2.80. The zero-order valence-corrected chi connectivity index (χ0v) is 20.8. The van der Waals surface area contributed by atoms with Crippen LogP contribution in [0.25, 0.3) is 0 Å². The van der Waals surface area contributed by atoms with Crippen molar-refractivity contribution in [2.24, 2.45) is 0 Å². The van der Waals surface area contributed by atoms with E-state index < -0.39 is 22.4 Å². The first-order chi connectivity index (χ1) is 15.0. The Morgan fingerprint density at radius 1 is 0.452 bits per heavy atom. The lowest BCUT2D eigenvalue weighted by atomic mass is 10.3. The molecule has 0 aliphatic carbocycles. The average molecular weight is 576 g/mol. The van der Waals surface area contributed by atoms with Crippen molar-refractivity contribution in [3.05, 3.63) is 106 Å². The molecule has 0 amide bonds. The molecule has 0 aliphatic rings. The second-order valence-electron chi connectivity index (χ2n) is 6.49. The smallest absolute Gasteiger partial charge is 0.158 e. The topological polar surface area (TPSA) is 55.3 Å². The summed E-state index contributed by atoms with van der Waals surface area (Å²) >= 11 is 4.27. The predicted octanol–water partition coefficient (Wildman–Crippen LogP) is 7.34. The van der Waals surface area contributed by atoms with E-state index in [0.29, 0.717) is 21.3 Å². The van der Waals surface area contributed by atoms with E-state index in [9.17, 15) is 9.11 Å². The largest absolute Gasteiger partial charge is 0.606 e. The lowest BCUT2D eigenvalue weighted by Gasteiger charge is -2.12. The van der Waals surface area contributed by atoms with Gasteiger partial charge in [0, 0.05) is 31.3 Å². The number of hydrogen-bond donors (Lipinski definition) is 0. The summed E-state index contributed by atoms with van der Waals surface area (Å²) < 4.78 is 33.2. The highest BCUT2D eigenvalue weighted by Gasteiger charge is 2.16. The molecular weight excluding hydrogens is 560 g/mol. The fraction of sp³-hybridized carbons (Fsp3) is 0. The van der Waals surface area contributed by atoms with E-state index in [0.717, 1.165) is 18.7 Å². The van der Waals surface area contributed by atoms with Crippen molar-refractivity contribution in [2.45, 2.75) is 19.6 Å². The van der Waals surface area contributed by atoms with Gasteiger partial charge in [-0.25, -0.2) is 0 Å². The molecule has 0 spiro atoms. The van der Waals surface area contributed by atoms with Gasteiger partial charge in [-0.3, -0.25) is 0 Å². The molecule has 0 fully saturated rings. The van der Waals surface area contributed by atoms with Gasteiger partial charge < -0.3 is 13.8 Å². The van der Waals surface area contributed by atoms with E-state index in [4.69, 9.17) is 4.74 Å². The van der Waals surface area contributed by atoms with Gasteiger partial charge in [-0.2, -0.15) is 0 Å². The fourth-order valence-corrected chi connectivity index (χ4v) is 5.39. The third-order valence-electron chi connectivity index (χ3n) is 4.37. The maximum Gasteiger partial charge on any atom is 0.158 e. The first kappa shape index (κ1) is 22.5. The molecule has 0 aliphatic heterocycles. The molecule has 4 aromatic rings. The van der Waals surface area contributed by atoms with Gasteiger partial charge in [-0.05, 0) is 97.1 Å². The lowest BCUT2D eigenvalue weighted by Crippen LogP contribution is -2.02. The SMILES string of the molecule is [O-][S+](c1ccc(Br)cc1)c1ccc(Oc2ccc([S+]([O-])c3ccc(Br)cc3)cc2)cc1. The molecule has 7 heteroatoms. The van der Waals surface area contributed by atoms with Crippen molar-refractivity contribution in [1.82, 2.24) is 0 Å². The first-order valence-corrected chi connectivity index (χ1v) is 13.1. The Balaban J connectivity index is 1.42. The highest BCUT2D eigenvalue weighted by Crippen LogP contribution is 2.29. The molecule has 0 bridgehead atoms. The number of rotatable bonds is 6. The van der Waals surface area contributed by atoms with Crippen molar-refractivity contribution in [1.29, 1.82) is 0 Å². The quantitative estimate of drug-likeness (QED) is 0.226. The predicted molar refractivity (Wildman–Crippen MR) is 131 cm³/mol. The molecule has 3 nitrogen and oxygen atoms in total. The van der Waals surface area contributed by atoms with Crippen LogP contribution >= 0.6 is 31.9 Å². The molecule has 0 aromatic heterocycles. The third kappa shape index (κ3) is 5.74. The van der Waals surface area contributed by atoms with Gasteiger partial charge in [-0.15, -0.1) is 0 Å². The van der Waals surface area contributed by atoms with E-state index >= 15 is 0 Å². The lowest BCUT2D eigenvalue weighted by molar-refractivity contribution is 0.481. The Morgan fingerprint density at radius 3 is 1.00 bits per heavy atom. The molecule has 0 saturated heterocycles. The summed E-state index contributed by atoms with van der Waals surface area (Å²) in [5.41, 5.74) is 0. The number of hydrogen-bond acceptors (Lipinski definition) is 3. The van der Waals surface area contributed by atoms with Crippen molar-refractivity contribution in [2.75, 3.05) is 0 Å². The van der Waals surface area contributed by atoms with Crippen molar-refractivity contribution in [3.63, 3.8) is 0 Å². The van der Waals surface area contributed by atoms with Crippen LogP contribution in [-0.2, 0) is 22.4 Å². The van der Waals surface area contributed by atoms with E-state index in [-0.39, 0.29) is 0 Å². The minimum absolute atomic E-state index is 0.637. The molecule has 2 atom stereocenters. The molecule has 0 N–H and O–H groups in total. The Kier molecular flexibility index (Phi) is 7.43. The van der Waals surface area contributed by atoms with E-state index in [1.54, 1.807) is 48.5 Å². The van der Waals surface area contributed by atoms with E-state index in [1.165, 1.54) is 0 Å². The summed E-state index contributed by atoms with van der Waals surface area (Å²) in [5, 5.41) is 0. The first-order valence-electron chi connectivity index (χ1n) is 9.22. The molecule has 31 heavy (non-hydrogen) atoms. The van der Waals surface area contributed by atoms with Crippen LogP contribution in [0.5, 0.6) is 11.5 Å². The Hall–Kier alpha value is -1.74. The minimum Gasteiger partial charge on any atom is -0.606 e. The second-order valence-corrected chi connectivity index (χ2v) is 11.3. The van der Waals surface area contributed by atoms with Gasteiger partial charge in [0.25, 0.3) is 0 Å². The van der Waals surface area contributed by atoms with Crippen molar-refractivity contribution >= 4 is 54.2 Å². The highest BCUT2D eigenvalue weighted by molar-refractivity contribution is 9.10. The molecule has 4 aromatic carbocycles. The second kappa shape index (κ2) is 10.3. The Bertz CT molecular complexity index is 1040. The molecule has 4 rings (SSSR count). The summed E-state index contributed by atoms with van der Waals surface area (Å²) in [7, 11) is 0. The van der Waals surface area contributed by atoms with Crippen LogP contribution < -0.4 is 4.74 Å². The standard InChI is InChI=1S/C24H16Br2O3S2/c25-17-1-9-21(10-2-17)30(27)23-13-5-19(6-14-23)29-20-7-15-24(16-8-20)31(28)22-11-3-18(26)4-12-22/h1-16H. The van der Waals surface area contributed by atoms with Gasteiger partial charge >= 0.3 is 0 Å². The summed E-state index contributed by atoms with van der Waals surface area (Å²) in [5.74, 6) is 1.27. The zero-order valence-electron chi connectivity index (χ0n) is 16.0. The Morgan fingerprint density at radius 2 is 0.710 bits per heavy atom. The van der Waals surface area contributed by atoms with E-state index in [1.807, 2.05) is 48.5 Å². The van der Waals surface area contributed by atoms with Gasteiger partial charge in [0.05, 0.1) is 0 Å². The molecule has 2 unspecified atom stereocenters. The van der Waals surface area contributed by atoms with Crippen LogP contribution in [0.15, 0.2) is 126 Å². The summed E-state index contributed by atoms with van der Waals surface area (Å²) in [6, 6.07) is 29.2. The highest BCUT2D eigenvalue weighted by atomic mass is 79.9. The van der Waals surface area contributed by atoms with Gasteiger partial charge in [0.15, 0.2) is 19.6 Å². The van der Waals surface area contributed by atoms with Crippen LogP contribution in [0.3, 0.4) is 0 Å². The summed E-state index contributed by atoms with van der Waals surface area (Å²) in [6.45, 7) is 0. The van der Waals surface area contributed by atoms with Crippen LogP contribution in [0, 0.1) is 0 Å². The summed E-state index contributed by atoms with van der Waals surface area (Å²) in [6.07, 6.45) is 0. The normalized spacial score (nSPS) is 12.9. The third-order valence-corrected chi connectivity index (χ3v) is 8.23. The number of halogens is 2. The maximum atomic E-state index is 12.7. The van der Waals surface area contributed by atoms with Crippen molar-refractivity contribution < 1.29 is 13.8 Å². The minimum atomic E-state index is -1.25. The monoisotopic (exact) mass is 574 g/mol. The van der Waals surface area contributed by atoms with Crippen molar-refractivity contribution in [3.8, 4) is 11.5 Å². The maximum absolute atomic E-state index is 12.7. The van der Waals surface area contributed by atoms with Gasteiger partial charge in [-0.1, -0.05) is 31.9 Å². The zero-order chi connectivity index (χ0) is 21.8. The fourth-order valence-electron chi connectivity index (χ4n) is 2.79. The van der Waals surface area contributed by atoms with Crippen LogP contribution in [0.1, 0.15) is 0 Å². The van der Waals surface area contributed by atoms with Gasteiger partial charge in [0.2, 0.25) is 0 Å². The van der Waals surface area contributed by atoms with Crippen LogP contribution in [-0.4, -0.2) is 9.11 Å². The molecular formula is C24H16Br2O3S2. The van der Waals surface area contributed by atoms with E-state index in [2.05, 4.69) is 31.9 Å². The van der Waals surface area contributed by atoms with Crippen LogP contribution in [0.2, 0.25) is 0 Å². The summed E-state index contributed by atoms with van der Waals surface area (Å²) in [4.78, 5) is 2.89. The number of benzene rings is 4. The molecule has 0 saturated carbocycles.